The average molecular weight is 426 g/mol. The number of fused-ring (bicyclic) bond motifs is 2. The summed E-state index contributed by atoms with van der Waals surface area (Å²) in [7, 11) is 0. The number of benzene rings is 2. The van der Waals surface area contributed by atoms with Crippen molar-refractivity contribution in [3.63, 3.8) is 0 Å². The highest BCUT2D eigenvalue weighted by Gasteiger charge is 2.56. The van der Waals surface area contributed by atoms with E-state index in [4.69, 9.17) is 0 Å². The topological polar surface area (TPSA) is 80.1 Å². The van der Waals surface area contributed by atoms with Crippen LogP contribution in [0.1, 0.15) is 16.8 Å². The summed E-state index contributed by atoms with van der Waals surface area (Å²) in [4.78, 5) is 27.2. The highest BCUT2D eigenvalue weighted by Crippen LogP contribution is 2.45. The Balaban J connectivity index is 0.00000218. The van der Waals surface area contributed by atoms with E-state index in [-0.39, 0.29) is 23.9 Å². The van der Waals surface area contributed by atoms with E-state index >= 15 is 0 Å². The van der Waals surface area contributed by atoms with Gasteiger partial charge in [-0.25, -0.2) is 4.68 Å². The number of aromatic nitrogens is 3. The van der Waals surface area contributed by atoms with E-state index in [9.17, 15) is 9.59 Å². The maximum Gasteiger partial charge on any atom is 0.277 e. The molecule has 30 heavy (non-hydrogen) atoms. The predicted molar refractivity (Wildman–Crippen MR) is 117 cm³/mol. The zero-order valence-electron chi connectivity index (χ0n) is 16.5. The number of likely N-dealkylation sites (tertiary alicyclic amines) is 1. The van der Waals surface area contributed by atoms with Gasteiger partial charge in [0, 0.05) is 31.2 Å². The third-order valence-corrected chi connectivity index (χ3v) is 6.08. The third-order valence-electron chi connectivity index (χ3n) is 6.08. The van der Waals surface area contributed by atoms with Gasteiger partial charge in [-0.15, -0.1) is 17.5 Å². The monoisotopic (exact) mass is 425 g/mol. The molecule has 1 saturated heterocycles. The summed E-state index contributed by atoms with van der Waals surface area (Å²) < 4.78 is 1.46. The molecule has 7 nitrogen and oxygen atoms in total. The molecule has 1 amide bonds. The SMILES string of the molecule is Cl.O=C(NC1C2CN(CCCn3nnc4ccccc4c3=O)CC21)c1ccccc1. The number of rotatable bonds is 6. The number of nitrogens with zero attached hydrogens (tertiary/aromatic N) is 4. The molecule has 1 N–H and O–H groups in total. The van der Waals surface area contributed by atoms with Crippen molar-refractivity contribution in [1.82, 2.24) is 25.2 Å². The fourth-order valence-electron chi connectivity index (χ4n) is 4.45. The molecule has 3 aromatic rings. The molecule has 0 bridgehead atoms. The van der Waals surface area contributed by atoms with Crippen LogP contribution in [0.5, 0.6) is 0 Å². The second-order valence-corrected chi connectivity index (χ2v) is 7.94. The van der Waals surface area contributed by atoms with Gasteiger partial charge < -0.3 is 10.2 Å². The Morgan fingerprint density at radius 2 is 1.70 bits per heavy atom. The van der Waals surface area contributed by atoms with Crippen molar-refractivity contribution in [2.45, 2.75) is 19.0 Å². The Morgan fingerprint density at radius 3 is 2.47 bits per heavy atom. The van der Waals surface area contributed by atoms with Crippen molar-refractivity contribution in [3.8, 4) is 0 Å². The fraction of sp³-hybridized carbons (Fsp3) is 0.364. The normalized spacial score (nSPS) is 22.3. The number of nitrogens with one attached hydrogen (secondary N) is 1. The van der Waals surface area contributed by atoms with E-state index < -0.39 is 0 Å². The van der Waals surface area contributed by atoms with E-state index in [2.05, 4.69) is 20.5 Å². The van der Waals surface area contributed by atoms with Gasteiger partial charge in [0.25, 0.3) is 11.5 Å². The van der Waals surface area contributed by atoms with Gasteiger partial charge in [-0.2, -0.15) is 0 Å². The van der Waals surface area contributed by atoms with Gasteiger partial charge in [0.1, 0.15) is 5.52 Å². The van der Waals surface area contributed by atoms with Crippen LogP contribution < -0.4 is 10.9 Å². The third kappa shape index (κ3) is 3.95. The molecule has 2 aliphatic rings. The lowest BCUT2D eigenvalue weighted by atomic mass is 10.2. The van der Waals surface area contributed by atoms with E-state index in [0.717, 1.165) is 31.6 Å². The number of amides is 1. The molecule has 2 fully saturated rings. The van der Waals surface area contributed by atoms with Crippen LogP contribution in [0.2, 0.25) is 0 Å². The predicted octanol–water partition coefficient (Wildman–Crippen LogP) is 1.96. The maximum atomic E-state index is 12.5. The van der Waals surface area contributed by atoms with Crippen molar-refractivity contribution in [3.05, 3.63) is 70.5 Å². The summed E-state index contributed by atoms with van der Waals surface area (Å²) in [5.74, 6) is 1.11. The molecule has 0 radical (unpaired) electrons. The number of halogens is 1. The molecule has 5 rings (SSSR count). The van der Waals surface area contributed by atoms with Crippen molar-refractivity contribution in [2.75, 3.05) is 19.6 Å². The molecule has 2 unspecified atom stereocenters. The van der Waals surface area contributed by atoms with E-state index in [0.29, 0.717) is 35.3 Å². The molecule has 2 aromatic carbocycles. The second-order valence-electron chi connectivity index (χ2n) is 7.94. The molecule has 1 aliphatic carbocycles. The van der Waals surface area contributed by atoms with Crippen molar-refractivity contribution < 1.29 is 4.79 Å². The molecule has 1 aliphatic heterocycles. The lowest BCUT2D eigenvalue weighted by Gasteiger charge is -2.19. The minimum atomic E-state index is -0.0800. The molecule has 2 heterocycles. The van der Waals surface area contributed by atoms with Gasteiger partial charge in [-0.05, 0) is 49.1 Å². The molecule has 0 spiro atoms. The second kappa shape index (κ2) is 8.53. The van der Waals surface area contributed by atoms with Gasteiger partial charge in [-0.1, -0.05) is 35.5 Å². The van der Waals surface area contributed by atoms with Gasteiger partial charge in [0.15, 0.2) is 0 Å². The van der Waals surface area contributed by atoms with Gasteiger partial charge >= 0.3 is 0 Å². The molecular formula is C22H24ClN5O2. The Bertz CT molecular complexity index is 1090. The Morgan fingerprint density at radius 1 is 1.00 bits per heavy atom. The Kier molecular flexibility index (Phi) is 5.83. The zero-order chi connectivity index (χ0) is 19.8. The molecule has 156 valence electrons. The summed E-state index contributed by atoms with van der Waals surface area (Å²) in [5.41, 5.74) is 1.27. The van der Waals surface area contributed by atoms with Crippen molar-refractivity contribution in [2.24, 2.45) is 11.8 Å². The van der Waals surface area contributed by atoms with Crippen molar-refractivity contribution in [1.29, 1.82) is 0 Å². The first-order valence-electron chi connectivity index (χ1n) is 10.1. The highest BCUT2D eigenvalue weighted by atomic mass is 35.5. The maximum absolute atomic E-state index is 12.5. The van der Waals surface area contributed by atoms with E-state index in [1.807, 2.05) is 42.5 Å². The standard InChI is InChI=1S/C22H23N5O2.ClH/c28-21(15-7-2-1-3-8-15)23-20-17-13-26(14-18(17)20)11-6-12-27-22(29)16-9-4-5-10-19(16)24-25-27;/h1-5,7-10,17-18,20H,6,11-14H2,(H,23,28);1H. The first kappa shape index (κ1) is 20.5. The Hall–Kier alpha value is -2.77. The van der Waals surface area contributed by atoms with Crippen LogP contribution in [0.15, 0.2) is 59.4 Å². The molecule has 1 saturated carbocycles. The largest absolute Gasteiger partial charge is 0.349 e. The van der Waals surface area contributed by atoms with E-state index in [1.54, 1.807) is 12.1 Å². The molecule has 8 heteroatoms. The summed E-state index contributed by atoms with van der Waals surface area (Å²) in [6.07, 6.45) is 0.855. The van der Waals surface area contributed by atoms with Gasteiger partial charge in [0.2, 0.25) is 0 Å². The fourth-order valence-corrected chi connectivity index (χ4v) is 4.45. The van der Waals surface area contributed by atoms with Crippen LogP contribution in [0.4, 0.5) is 0 Å². The number of carbonyl (C=O) groups excluding carboxylic acids is 1. The van der Waals surface area contributed by atoms with Crippen LogP contribution in [-0.4, -0.2) is 51.5 Å². The molecule has 2 atom stereocenters. The average Bonchev–Trinajstić information content (AvgIpc) is 3.19. The first-order valence-corrected chi connectivity index (χ1v) is 10.1. The summed E-state index contributed by atoms with van der Waals surface area (Å²) in [6.45, 7) is 3.50. The number of aryl methyl sites for hydroxylation is 1. The number of carbonyl (C=O) groups is 1. The van der Waals surface area contributed by atoms with Crippen LogP contribution in [0.3, 0.4) is 0 Å². The van der Waals surface area contributed by atoms with Crippen molar-refractivity contribution >= 4 is 29.2 Å². The van der Waals surface area contributed by atoms with Gasteiger partial charge in [0.05, 0.1) is 5.39 Å². The van der Waals surface area contributed by atoms with Crippen LogP contribution >= 0.6 is 12.4 Å². The molecular weight excluding hydrogens is 402 g/mol. The summed E-state index contributed by atoms with van der Waals surface area (Å²) in [5, 5.41) is 12.0. The van der Waals surface area contributed by atoms with Crippen LogP contribution in [-0.2, 0) is 6.54 Å². The number of hydrogen-bond donors (Lipinski definition) is 1. The highest BCUT2D eigenvalue weighted by molar-refractivity contribution is 5.94. The summed E-state index contributed by atoms with van der Waals surface area (Å²) in [6, 6.07) is 17.0. The van der Waals surface area contributed by atoms with Crippen LogP contribution in [0, 0.1) is 11.8 Å². The quantitative estimate of drug-likeness (QED) is 0.653. The lowest BCUT2D eigenvalue weighted by molar-refractivity contribution is 0.0943. The summed E-state index contributed by atoms with van der Waals surface area (Å²) >= 11 is 0. The minimum absolute atomic E-state index is 0. The van der Waals surface area contributed by atoms with Crippen LogP contribution in [0.25, 0.3) is 10.9 Å². The Labute approximate surface area is 180 Å². The smallest absolute Gasteiger partial charge is 0.277 e. The van der Waals surface area contributed by atoms with E-state index in [1.165, 1.54) is 4.68 Å². The lowest BCUT2D eigenvalue weighted by Crippen LogP contribution is -2.35. The number of piperidine rings is 1. The first-order chi connectivity index (χ1) is 14.2. The minimum Gasteiger partial charge on any atom is -0.349 e. The van der Waals surface area contributed by atoms with Gasteiger partial charge in [-0.3, -0.25) is 9.59 Å². The number of hydrogen-bond acceptors (Lipinski definition) is 5. The molecule has 1 aromatic heterocycles. The zero-order valence-corrected chi connectivity index (χ0v) is 17.3.